The Balaban J connectivity index is 2.13. The first-order chi connectivity index (χ1) is 11.0. The van der Waals surface area contributed by atoms with Crippen LogP contribution in [-0.2, 0) is 16.0 Å². The van der Waals surface area contributed by atoms with Crippen LogP contribution >= 0.6 is 22.6 Å². The van der Waals surface area contributed by atoms with Crippen molar-refractivity contribution in [2.75, 3.05) is 7.11 Å². The average molecular weight is 425 g/mol. The van der Waals surface area contributed by atoms with Gasteiger partial charge in [-0.3, -0.25) is 4.79 Å². The minimum absolute atomic E-state index is 0.0740. The summed E-state index contributed by atoms with van der Waals surface area (Å²) in [6, 6.07) is 12.7. The van der Waals surface area contributed by atoms with Crippen molar-refractivity contribution in [1.29, 1.82) is 0 Å². The van der Waals surface area contributed by atoms with Crippen molar-refractivity contribution in [3.63, 3.8) is 0 Å². The number of nitrogens with one attached hydrogen (secondary N) is 1. The van der Waals surface area contributed by atoms with Crippen molar-refractivity contribution in [2.24, 2.45) is 0 Å². The Labute approximate surface area is 147 Å². The number of phenolic OH excluding ortho intramolecular Hbond substituents is 1. The molecule has 0 fully saturated rings. The molecule has 0 spiro atoms. The second-order valence-corrected chi connectivity index (χ2v) is 6.18. The predicted octanol–water partition coefficient (Wildman–Crippen LogP) is 2.51. The largest absolute Gasteiger partial charge is 0.508 e. The lowest BCUT2D eigenvalue weighted by Crippen LogP contribution is -2.43. The molecule has 2 aromatic rings. The molecule has 23 heavy (non-hydrogen) atoms. The number of benzene rings is 2. The molecule has 2 N–H and O–H groups in total. The summed E-state index contributed by atoms with van der Waals surface area (Å²) in [7, 11) is 1.29. The maximum absolute atomic E-state index is 12.2. The number of carbonyl (C=O) groups excluding carboxylic acids is 2. The summed E-state index contributed by atoms with van der Waals surface area (Å²) in [4.78, 5) is 24.2. The Morgan fingerprint density at radius 2 is 1.91 bits per heavy atom. The summed E-state index contributed by atoms with van der Waals surface area (Å²) in [5.41, 5.74) is 1.29. The summed E-state index contributed by atoms with van der Waals surface area (Å²) < 4.78 is 5.82. The fourth-order valence-electron chi connectivity index (χ4n) is 2.09. The van der Waals surface area contributed by atoms with Crippen LogP contribution in [0, 0.1) is 3.57 Å². The van der Waals surface area contributed by atoms with Crippen LogP contribution in [0.4, 0.5) is 0 Å². The smallest absolute Gasteiger partial charge is 0.328 e. The molecule has 0 aromatic heterocycles. The molecule has 0 aliphatic heterocycles. The molecule has 2 aromatic carbocycles. The van der Waals surface area contributed by atoms with Gasteiger partial charge in [-0.15, -0.1) is 0 Å². The maximum atomic E-state index is 12.2. The Morgan fingerprint density at radius 1 is 1.22 bits per heavy atom. The van der Waals surface area contributed by atoms with Gasteiger partial charge >= 0.3 is 5.97 Å². The third kappa shape index (κ3) is 4.95. The zero-order valence-electron chi connectivity index (χ0n) is 12.5. The minimum atomic E-state index is -0.778. The highest BCUT2D eigenvalue weighted by atomic mass is 127. The van der Waals surface area contributed by atoms with E-state index in [1.807, 2.05) is 24.3 Å². The van der Waals surface area contributed by atoms with Gasteiger partial charge in [-0.25, -0.2) is 4.79 Å². The Kier molecular flexibility index (Phi) is 5.97. The van der Waals surface area contributed by atoms with Crippen molar-refractivity contribution >= 4 is 34.5 Å². The number of hydrogen-bond acceptors (Lipinski definition) is 4. The first-order valence-corrected chi connectivity index (χ1v) is 7.99. The monoisotopic (exact) mass is 425 g/mol. The van der Waals surface area contributed by atoms with Gasteiger partial charge in [0.1, 0.15) is 11.8 Å². The molecule has 0 aliphatic rings. The molecule has 1 amide bonds. The number of phenols is 1. The molecule has 120 valence electrons. The number of carbonyl (C=O) groups is 2. The van der Waals surface area contributed by atoms with E-state index in [1.54, 1.807) is 0 Å². The second kappa shape index (κ2) is 7.96. The van der Waals surface area contributed by atoms with Gasteiger partial charge in [0.2, 0.25) is 0 Å². The highest BCUT2D eigenvalue weighted by molar-refractivity contribution is 14.1. The molecule has 1 atom stereocenters. The van der Waals surface area contributed by atoms with Crippen LogP contribution in [0.15, 0.2) is 48.5 Å². The van der Waals surface area contributed by atoms with Crippen molar-refractivity contribution in [1.82, 2.24) is 5.32 Å². The van der Waals surface area contributed by atoms with Gasteiger partial charge in [0.25, 0.3) is 5.91 Å². The van der Waals surface area contributed by atoms with E-state index in [2.05, 4.69) is 27.9 Å². The van der Waals surface area contributed by atoms with Crippen LogP contribution in [0.25, 0.3) is 0 Å². The third-order valence-corrected chi connectivity index (χ3v) is 3.92. The van der Waals surface area contributed by atoms with Gasteiger partial charge < -0.3 is 15.2 Å². The van der Waals surface area contributed by atoms with Crippen LogP contribution in [-0.4, -0.2) is 30.1 Å². The average Bonchev–Trinajstić information content (AvgIpc) is 2.54. The van der Waals surface area contributed by atoms with Gasteiger partial charge in [0, 0.05) is 15.6 Å². The molecule has 6 heteroatoms. The lowest BCUT2D eigenvalue weighted by Gasteiger charge is -2.17. The van der Waals surface area contributed by atoms with Crippen LogP contribution in [0.5, 0.6) is 5.75 Å². The SMILES string of the molecule is COC(=O)[C@@H](Cc1cccc(I)c1)NC(=O)c1ccc(O)cc1. The number of methoxy groups -OCH3 is 1. The number of rotatable bonds is 5. The summed E-state index contributed by atoms with van der Waals surface area (Å²) >= 11 is 2.19. The summed E-state index contributed by atoms with van der Waals surface area (Å²) in [6.07, 6.45) is 0.341. The minimum Gasteiger partial charge on any atom is -0.508 e. The number of halogens is 1. The van der Waals surface area contributed by atoms with Crippen molar-refractivity contribution < 1.29 is 19.4 Å². The molecule has 5 nitrogen and oxygen atoms in total. The van der Waals surface area contributed by atoms with E-state index < -0.39 is 17.9 Å². The van der Waals surface area contributed by atoms with Crippen molar-refractivity contribution in [3.8, 4) is 5.75 Å². The summed E-state index contributed by atoms with van der Waals surface area (Å²) in [6.45, 7) is 0. The van der Waals surface area contributed by atoms with E-state index in [9.17, 15) is 14.7 Å². The predicted molar refractivity (Wildman–Crippen MR) is 94.2 cm³/mol. The van der Waals surface area contributed by atoms with Crippen molar-refractivity contribution in [3.05, 3.63) is 63.2 Å². The van der Waals surface area contributed by atoms with E-state index in [4.69, 9.17) is 4.74 Å². The highest BCUT2D eigenvalue weighted by Crippen LogP contribution is 2.12. The molecule has 0 unspecified atom stereocenters. The van der Waals surface area contributed by atoms with Crippen LogP contribution < -0.4 is 5.32 Å². The lowest BCUT2D eigenvalue weighted by molar-refractivity contribution is -0.142. The lowest BCUT2D eigenvalue weighted by atomic mass is 10.1. The fourth-order valence-corrected chi connectivity index (χ4v) is 2.70. The Hall–Kier alpha value is -2.09. The molecule has 0 saturated heterocycles. The molecule has 0 heterocycles. The van der Waals surface area contributed by atoms with Gasteiger partial charge in [0.05, 0.1) is 7.11 Å². The zero-order valence-corrected chi connectivity index (χ0v) is 14.6. The molecule has 0 radical (unpaired) electrons. The van der Waals surface area contributed by atoms with Crippen LogP contribution in [0.2, 0.25) is 0 Å². The summed E-state index contributed by atoms with van der Waals surface area (Å²) in [5, 5.41) is 11.9. The number of aromatic hydroxyl groups is 1. The zero-order chi connectivity index (χ0) is 16.8. The standard InChI is InChI=1S/C17H16INO4/c1-23-17(22)15(10-11-3-2-4-13(18)9-11)19-16(21)12-5-7-14(20)8-6-12/h2-9,15,20H,10H2,1H3,(H,19,21)/t15-/m1/s1. The van der Waals surface area contributed by atoms with E-state index in [0.29, 0.717) is 12.0 Å². The fraction of sp³-hybridized carbons (Fsp3) is 0.176. The summed E-state index contributed by atoms with van der Waals surface area (Å²) in [5.74, 6) is -0.827. The van der Waals surface area contributed by atoms with Crippen LogP contribution in [0.1, 0.15) is 15.9 Å². The third-order valence-electron chi connectivity index (χ3n) is 3.25. The maximum Gasteiger partial charge on any atom is 0.328 e. The molecular formula is C17H16INO4. The quantitative estimate of drug-likeness (QED) is 0.571. The molecule has 0 bridgehead atoms. The second-order valence-electron chi connectivity index (χ2n) is 4.93. The first-order valence-electron chi connectivity index (χ1n) is 6.92. The molecule has 2 rings (SSSR count). The van der Waals surface area contributed by atoms with E-state index in [0.717, 1.165) is 9.13 Å². The van der Waals surface area contributed by atoms with E-state index >= 15 is 0 Å². The van der Waals surface area contributed by atoms with Gasteiger partial charge in [-0.05, 0) is 64.6 Å². The van der Waals surface area contributed by atoms with Gasteiger partial charge in [-0.1, -0.05) is 12.1 Å². The number of hydrogen-bond donors (Lipinski definition) is 2. The molecule has 0 saturated carbocycles. The van der Waals surface area contributed by atoms with Gasteiger partial charge in [0.15, 0.2) is 0 Å². The first kappa shape index (κ1) is 17.3. The topological polar surface area (TPSA) is 75.6 Å². The van der Waals surface area contributed by atoms with E-state index in [-0.39, 0.29) is 5.75 Å². The Bertz CT molecular complexity index is 700. The Morgan fingerprint density at radius 3 is 2.52 bits per heavy atom. The van der Waals surface area contributed by atoms with E-state index in [1.165, 1.54) is 31.4 Å². The number of ether oxygens (including phenoxy) is 1. The number of amides is 1. The molecular weight excluding hydrogens is 409 g/mol. The normalized spacial score (nSPS) is 11.6. The molecule has 0 aliphatic carbocycles. The van der Waals surface area contributed by atoms with Crippen LogP contribution in [0.3, 0.4) is 0 Å². The van der Waals surface area contributed by atoms with Crippen molar-refractivity contribution in [2.45, 2.75) is 12.5 Å². The van der Waals surface area contributed by atoms with Gasteiger partial charge in [-0.2, -0.15) is 0 Å². The highest BCUT2D eigenvalue weighted by Gasteiger charge is 2.22. The number of esters is 1.